The lowest BCUT2D eigenvalue weighted by Crippen LogP contribution is -2.53. The Kier molecular flexibility index (Phi) is 9.60. The largest absolute Gasteiger partial charge is 0.494 e. The highest BCUT2D eigenvalue weighted by atomic mass is 35.5. The summed E-state index contributed by atoms with van der Waals surface area (Å²) in [5.74, 6) is 0.211. The molecule has 25 heavy (non-hydrogen) atoms. The molecule has 1 amide bonds. The molecule has 142 valence electrons. The molecule has 0 aromatic heterocycles. The lowest BCUT2D eigenvalue weighted by Gasteiger charge is -2.34. The fourth-order valence-electron chi connectivity index (χ4n) is 2.67. The molecule has 7 heteroatoms. The topological polar surface area (TPSA) is 50.8 Å². The zero-order valence-corrected chi connectivity index (χ0v) is 15.7. The second-order valence-corrected chi connectivity index (χ2v) is 5.97. The number of rotatable bonds is 7. The Hall–Kier alpha value is -1.53. The minimum atomic E-state index is -0.391. The summed E-state index contributed by atoms with van der Waals surface area (Å²) >= 11 is 0. The number of benzene rings is 1. The molecule has 0 saturated carbocycles. The molecule has 1 aromatic carbocycles. The molecule has 1 aliphatic heterocycles. The van der Waals surface area contributed by atoms with Crippen molar-refractivity contribution in [3.8, 4) is 5.75 Å². The van der Waals surface area contributed by atoms with Gasteiger partial charge in [-0.1, -0.05) is 20.3 Å². The molecule has 1 aromatic rings. The summed E-state index contributed by atoms with van der Waals surface area (Å²) in [4.78, 5) is 14.0. The second-order valence-electron chi connectivity index (χ2n) is 5.97. The van der Waals surface area contributed by atoms with E-state index in [1.165, 1.54) is 6.07 Å². The molecule has 0 aliphatic carbocycles. The fraction of sp³-hybridized carbons (Fsp3) is 0.611. The average Bonchev–Trinajstić information content (AvgIpc) is 2.61. The molecule has 0 unspecified atom stereocenters. The quantitative estimate of drug-likeness (QED) is 0.738. The van der Waals surface area contributed by atoms with E-state index in [2.05, 4.69) is 12.2 Å². The number of unbranched alkanes of at least 4 members (excludes halogenated alkanes) is 1. The van der Waals surface area contributed by atoms with Crippen molar-refractivity contribution >= 4 is 18.5 Å². The molecule has 1 aliphatic rings. The molecule has 1 saturated heterocycles. The van der Waals surface area contributed by atoms with Gasteiger partial charge in [-0.15, -0.1) is 12.4 Å². The number of nitrogens with zero attached hydrogens (tertiary/aromatic N) is 1. The van der Waals surface area contributed by atoms with Gasteiger partial charge in [0.25, 0.3) is 0 Å². The van der Waals surface area contributed by atoms with Gasteiger partial charge in [-0.3, -0.25) is 0 Å². The number of piperazine rings is 1. The Bertz CT molecular complexity index is 545. The van der Waals surface area contributed by atoms with Gasteiger partial charge in [0.2, 0.25) is 0 Å². The van der Waals surface area contributed by atoms with Gasteiger partial charge in [0.05, 0.1) is 6.61 Å². The van der Waals surface area contributed by atoms with Crippen LogP contribution in [0, 0.1) is 5.82 Å². The van der Waals surface area contributed by atoms with E-state index in [1.807, 2.05) is 6.92 Å². The predicted octanol–water partition coefficient (Wildman–Crippen LogP) is 3.75. The zero-order valence-electron chi connectivity index (χ0n) is 14.9. The minimum absolute atomic E-state index is 0. The molecular weight excluding hydrogens is 347 g/mol. The van der Waals surface area contributed by atoms with E-state index in [9.17, 15) is 9.18 Å². The SMILES string of the molecule is CCCCOc1ccc(F)c(COC(=O)N2CCNC[C@H]2CC)c1.Cl. The van der Waals surface area contributed by atoms with Crippen molar-refractivity contribution in [1.29, 1.82) is 0 Å². The van der Waals surface area contributed by atoms with Gasteiger partial charge < -0.3 is 19.7 Å². The number of ether oxygens (including phenoxy) is 2. The number of halogens is 2. The minimum Gasteiger partial charge on any atom is -0.494 e. The second kappa shape index (κ2) is 11.2. The molecule has 1 fully saturated rings. The van der Waals surface area contributed by atoms with Gasteiger partial charge >= 0.3 is 6.09 Å². The number of hydrogen-bond donors (Lipinski definition) is 1. The van der Waals surface area contributed by atoms with Crippen LogP contribution in [-0.4, -0.2) is 43.3 Å². The summed E-state index contributed by atoms with van der Waals surface area (Å²) in [5.41, 5.74) is 0.334. The van der Waals surface area contributed by atoms with Crippen LogP contribution in [0.15, 0.2) is 18.2 Å². The van der Waals surface area contributed by atoms with Crippen LogP contribution < -0.4 is 10.1 Å². The van der Waals surface area contributed by atoms with E-state index in [0.29, 0.717) is 24.5 Å². The number of hydrogen-bond acceptors (Lipinski definition) is 4. The van der Waals surface area contributed by atoms with Crippen LogP contribution in [-0.2, 0) is 11.3 Å². The van der Waals surface area contributed by atoms with Gasteiger partial charge in [0, 0.05) is 31.2 Å². The van der Waals surface area contributed by atoms with Crippen LogP contribution in [0.4, 0.5) is 9.18 Å². The predicted molar refractivity (Wildman–Crippen MR) is 97.9 cm³/mol. The van der Waals surface area contributed by atoms with E-state index in [1.54, 1.807) is 17.0 Å². The molecule has 2 rings (SSSR count). The van der Waals surface area contributed by atoms with Gasteiger partial charge in [-0.25, -0.2) is 9.18 Å². The number of nitrogens with one attached hydrogen (secondary N) is 1. The Morgan fingerprint density at radius 3 is 2.92 bits per heavy atom. The van der Waals surface area contributed by atoms with E-state index < -0.39 is 5.82 Å². The third-order valence-corrected chi connectivity index (χ3v) is 4.19. The number of carbonyl (C=O) groups excluding carboxylic acids is 1. The molecule has 1 heterocycles. The van der Waals surface area contributed by atoms with Crippen LogP contribution in [0.25, 0.3) is 0 Å². The highest BCUT2D eigenvalue weighted by Crippen LogP contribution is 2.19. The molecule has 0 bridgehead atoms. The molecule has 1 atom stereocenters. The normalized spacial score (nSPS) is 16.9. The summed E-state index contributed by atoms with van der Waals surface area (Å²) in [6.07, 6.45) is 2.45. The van der Waals surface area contributed by atoms with Crippen LogP contribution in [0.3, 0.4) is 0 Å². The van der Waals surface area contributed by atoms with Crippen molar-refractivity contribution in [3.63, 3.8) is 0 Å². The maximum Gasteiger partial charge on any atom is 0.410 e. The van der Waals surface area contributed by atoms with Gasteiger partial charge in [0.1, 0.15) is 18.2 Å². The van der Waals surface area contributed by atoms with Crippen molar-refractivity contribution in [2.24, 2.45) is 0 Å². The highest BCUT2D eigenvalue weighted by molar-refractivity contribution is 5.85. The van der Waals surface area contributed by atoms with E-state index in [4.69, 9.17) is 9.47 Å². The Labute approximate surface area is 155 Å². The number of carbonyl (C=O) groups is 1. The van der Waals surface area contributed by atoms with Crippen molar-refractivity contribution in [2.75, 3.05) is 26.2 Å². The Balaban J connectivity index is 0.00000312. The van der Waals surface area contributed by atoms with Crippen LogP contribution >= 0.6 is 12.4 Å². The number of amides is 1. The van der Waals surface area contributed by atoms with Gasteiger partial charge in [0.15, 0.2) is 0 Å². The summed E-state index contributed by atoms with van der Waals surface area (Å²) in [6, 6.07) is 4.68. The maximum absolute atomic E-state index is 13.9. The molecule has 0 spiro atoms. The summed E-state index contributed by atoms with van der Waals surface area (Å²) < 4.78 is 24.8. The van der Waals surface area contributed by atoms with Crippen LogP contribution in [0.5, 0.6) is 5.75 Å². The fourth-order valence-corrected chi connectivity index (χ4v) is 2.67. The van der Waals surface area contributed by atoms with E-state index in [0.717, 1.165) is 32.4 Å². The van der Waals surface area contributed by atoms with Crippen molar-refractivity contribution < 1.29 is 18.7 Å². The van der Waals surface area contributed by atoms with E-state index in [-0.39, 0.29) is 31.1 Å². The monoisotopic (exact) mass is 374 g/mol. The maximum atomic E-state index is 13.9. The first-order chi connectivity index (χ1) is 11.7. The third kappa shape index (κ3) is 6.36. The third-order valence-electron chi connectivity index (χ3n) is 4.19. The molecule has 1 N–H and O–H groups in total. The molecule has 0 radical (unpaired) electrons. The van der Waals surface area contributed by atoms with Gasteiger partial charge in [-0.2, -0.15) is 0 Å². The smallest absolute Gasteiger partial charge is 0.410 e. The van der Waals surface area contributed by atoms with Crippen molar-refractivity contribution in [2.45, 2.75) is 45.8 Å². The lowest BCUT2D eigenvalue weighted by atomic mass is 10.1. The van der Waals surface area contributed by atoms with Gasteiger partial charge in [-0.05, 0) is 31.0 Å². The first-order valence-corrected chi connectivity index (χ1v) is 8.71. The van der Waals surface area contributed by atoms with Crippen molar-refractivity contribution in [3.05, 3.63) is 29.6 Å². The first-order valence-electron chi connectivity index (χ1n) is 8.71. The lowest BCUT2D eigenvalue weighted by molar-refractivity contribution is 0.0706. The summed E-state index contributed by atoms with van der Waals surface area (Å²) in [6.45, 7) is 6.76. The first kappa shape index (κ1) is 21.5. The Morgan fingerprint density at radius 2 is 2.20 bits per heavy atom. The average molecular weight is 375 g/mol. The molecular formula is C18H28ClFN2O3. The van der Waals surface area contributed by atoms with Crippen LogP contribution in [0.1, 0.15) is 38.7 Å². The Morgan fingerprint density at radius 1 is 1.40 bits per heavy atom. The summed E-state index contributed by atoms with van der Waals surface area (Å²) in [7, 11) is 0. The van der Waals surface area contributed by atoms with E-state index >= 15 is 0 Å². The molecule has 5 nitrogen and oxygen atoms in total. The summed E-state index contributed by atoms with van der Waals surface area (Å²) in [5, 5.41) is 3.26. The highest BCUT2D eigenvalue weighted by Gasteiger charge is 2.26. The zero-order chi connectivity index (χ0) is 17.4. The van der Waals surface area contributed by atoms with Crippen molar-refractivity contribution in [1.82, 2.24) is 10.2 Å². The van der Waals surface area contributed by atoms with Crippen LogP contribution in [0.2, 0.25) is 0 Å². The standard InChI is InChI=1S/C18H27FN2O3.ClH/c1-3-5-10-23-16-6-7-17(19)14(11-16)13-24-18(22)21-9-8-20-12-15(21)4-2;/h6-7,11,15,20H,3-5,8-10,12-13H2,1-2H3;1H/t15-;/m1./s1.